The first-order valence-electron chi connectivity index (χ1n) is 6.73. The van der Waals surface area contributed by atoms with E-state index in [4.69, 9.17) is 0 Å². The monoisotopic (exact) mass is 259 g/mol. The summed E-state index contributed by atoms with van der Waals surface area (Å²) in [5, 5.41) is 14.5. The molecule has 0 aliphatic carbocycles. The summed E-state index contributed by atoms with van der Waals surface area (Å²) in [5.41, 5.74) is 3.38. The summed E-state index contributed by atoms with van der Waals surface area (Å²) in [6, 6.07) is 6.07. The SMILES string of the molecule is CCCn1ncnc1CC(O)c1ccc(C)c(C)c1. The van der Waals surface area contributed by atoms with E-state index in [0.717, 1.165) is 24.4 Å². The van der Waals surface area contributed by atoms with Gasteiger partial charge in [-0.25, -0.2) is 4.98 Å². The molecule has 4 nitrogen and oxygen atoms in total. The maximum Gasteiger partial charge on any atom is 0.138 e. The fourth-order valence-electron chi connectivity index (χ4n) is 2.11. The molecule has 0 saturated heterocycles. The number of aliphatic hydroxyl groups is 1. The van der Waals surface area contributed by atoms with Gasteiger partial charge in [0.25, 0.3) is 0 Å². The Kier molecular flexibility index (Phi) is 4.32. The molecule has 0 amide bonds. The van der Waals surface area contributed by atoms with Crippen molar-refractivity contribution in [3.63, 3.8) is 0 Å². The van der Waals surface area contributed by atoms with E-state index in [2.05, 4.69) is 30.9 Å². The number of rotatable bonds is 5. The summed E-state index contributed by atoms with van der Waals surface area (Å²) in [7, 11) is 0. The zero-order valence-corrected chi connectivity index (χ0v) is 11.8. The van der Waals surface area contributed by atoms with E-state index >= 15 is 0 Å². The third-order valence-electron chi connectivity index (χ3n) is 3.42. The predicted octanol–water partition coefficient (Wildman–Crippen LogP) is 2.58. The van der Waals surface area contributed by atoms with Crippen LogP contribution in [0.25, 0.3) is 0 Å². The lowest BCUT2D eigenvalue weighted by molar-refractivity contribution is 0.174. The lowest BCUT2D eigenvalue weighted by Crippen LogP contribution is -2.10. The highest BCUT2D eigenvalue weighted by atomic mass is 16.3. The molecular weight excluding hydrogens is 238 g/mol. The lowest BCUT2D eigenvalue weighted by atomic mass is 10.0. The average Bonchev–Trinajstić information content (AvgIpc) is 2.80. The van der Waals surface area contributed by atoms with Crippen molar-refractivity contribution in [3.05, 3.63) is 47.0 Å². The predicted molar refractivity (Wildman–Crippen MR) is 74.9 cm³/mol. The van der Waals surface area contributed by atoms with Gasteiger partial charge in [-0.05, 0) is 37.0 Å². The van der Waals surface area contributed by atoms with E-state index in [9.17, 15) is 5.11 Å². The lowest BCUT2D eigenvalue weighted by Gasteiger charge is -2.13. The number of aryl methyl sites for hydroxylation is 3. The van der Waals surface area contributed by atoms with E-state index in [1.807, 2.05) is 22.9 Å². The summed E-state index contributed by atoms with van der Waals surface area (Å²) in [6.45, 7) is 7.08. The van der Waals surface area contributed by atoms with Gasteiger partial charge < -0.3 is 5.11 Å². The van der Waals surface area contributed by atoms with Crippen LogP contribution in [-0.2, 0) is 13.0 Å². The quantitative estimate of drug-likeness (QED) is 0.898. The number of aromatic nitrogens is 3. The Bertz CT molecular complexity index is 548. The van der Waals surface area contributed by atoms with Crippen molar-refractivity contribution in [1.29, 1.82) is 0 Å². The third-order valence-corrected chi connectivity index (χ3v) is 3.42. The van der Waals surface area contributed by atoms with Crippen LogP contribution in [0.2, 0.25) is 0 Å². The van der Waals surface area contributed by atoms with Crippen molar-refractivity contribution in [2.75, 3.05) is 0 Å². The molecule has 19 heavy (non-hydrogen) atoms. The molecule has 102 valence electrons. The van der Waals surface area contributed by atoms with E-state index in [-0.39, 0.29) is 0 Å². The summed E-state index contributed by atoms with van der Waals surface area (Å²) in [6.07, 6.45) is 2.54. The van der Waals surface area contributed by atoms with Gasteiger partial charge in [-0.3, -0.25) is 4.68 Å². The van der Waals surface area contributed by atoms with Gasteiger partial charge in [0.15, 0.2) is 0 Å². The van der Waals surface area contributed by atoms with Crippen LogP contribution < -0.4 is 0 Å². The van der Waals surface area contributed by atoms with E-state index in [1.54, 1.807) is 6.33 Å². The molecule has 4 heteroatoms. The number of aliphatic hydroxyl groups excluding tert-OH is 1. The Balaban J connectivity index is 2.13. The van der Waals surface area contributed by atoms with Crippen LogP contribution in [0.5, 0.6) is 0 Å². The van der Waals surface area contributed by atoms with Crippen molar-refractivity contribution >= 4 is 0 Å². The Morgan fingerprint density at radius 2 is 2.05 bits per heavy atom. The fraction of sp³-hybridized carbons (Fsp3) is 0.467. The molecule has 0 spiro atoms. The Hall–Kier alpha value is -1.68. The normalized spacial score (nSPS) is 12.6. The molecule has 2 rings (SSSR count). The van der Waals surface area contributed by atoms with Gasteiger partial charge in [-0.15, -0.1) is 0 Å². The highest BCUT2D eigenvalue weighted by molar-refractivity contribution is 5.31. The number of nitrogens with zero attached hydrogens (tertiary/aromatic N) is 3. The summed E-state index contributed by atoms with van der Waals surface area (Å²) >= 11 is 0. The standard InChI is InChI=1S/C15H21N3O/c1-4-7-18-15(16-10-17-18)9-14(19)13-6-5-11(2)12(3)8-13/h5-6,8,10,14,19H,4,7,9H2,1-3H3. The minimum Gasteiger partial charge on any atom is -0.388 e. The molecule has 0 aliphatic heterocycles. The van der Waals surface area contributed by atoms with Crippen molar-refractivity contribution < 1.29 is 5.11 Å². The highest BCUT2D eigenvalue weighted by Gasteiger charge is 2.13. The Labute approximate surface area is 114 Å². The number of hydrogen-bond donors (Lipinski definition) is 1. The second kappa shape index (κ2) is 5.97. The summed E-state index contributed by atoms with van der Waals surface area (Å²) in [5.74, 6) is 0.840. The zero-order chi connectivity index (χ0) is 13.8. The molecule has 1 atom stereocenters. The van der Waals surface area contributed by atoms with E-state index < -0.39 is 6.10 Å². The molecule has 0 fully saturated rings. The van der Waals surface area contributed by atoms with Gasteiger partial charge in [0.1, 0.15) is 12.2 Å². The van der Waals surface area contributed by atoms with Crippen LogP contribution in [0, 0.1) is 13.8 Å². The average molecular weight is 259 g/mol. The highest BCUT2D eigenvalue weighted by Crippen LogP contribution is 2.20. The topological polar surface area (TPSA) is 50.9 Å². The first-order chi connectivity index (χ1) is 9.11. The second-order valence-electron chi connectivity index (χ2n) is 4.96. The van der Waals surface area contributed by atoms with Gasteiger partial charge in [0.2, 0.25) is 0 Å². The molecule has 2 aromatic rings. The maximum absolute atomic E-state index is 10.3. The van der Waals surface area contributed by atoms with Gasteiger partial charge >= 0.3 is 0 Å². The minimum atomic E-state index is -0.529. The van der Waals surface area contributed by atoms with Gasteiger partial charge in [-0.2, -0.15) is 5.10 Å². The molecule has 0 radical (unpaired) electrons. The first kappa shape index (κ1) is 13.7. The van der Waals surface area contributed by atoms with Crippen molar-refractivity contribution in [2.24, 2.45) is 0 Å². The molecule has 0 aliphatic rings. The van der Waals surface area contributed by atoms with Crippen molar-refractivity contribution in [2.45, 2.75) is 46.3 Å². The second-order valence-corrected chi connectivity index (χ2v) is 4.96. The molecule has 1 aromatic heterocycles. The first-order valence-corrected chi connectivity index (χ1v) is 6.73. The molecule has 1 aromatic carbocycles. The van der Waals surface area contributed by atoms with Crippen molar-refractivity contribution in [1.82, 2.24) is 14.8 Å². The molecular formula is C15H21N3O. The molecule has 1 unspecified atom stereocenters. The van der Waals surface area contributed by atoms with Gasteiger partial charge in [0, 0.05) is 13.0 Å². The van der Waals surface area contributed by atoms with E-state index in [0.29, 0.717) is 6.42 Å². The molecule has 0 saturated carbocycles. The van der Waals surface area contributed by atoms with Crippen LogP contribution >= 0.6 is 0 Å². The molecule has 0 bridgehead atoms. The fourth-order valence-corrected chi connectivity index (χ4v) is 2.11. The van der Waals surface area contributed by atoms with Crippen molar-refractivity contribution in [3.8, 4) is 0 Å². The van der Waals surface area contributed by atoms with Gasteiger partial charge in [-0.1, -0.05) is 25.1 Å². The Morgan fingerprint density at radius 3 is 2.74 bits per heavy atom. The summed E-state index contributed by atoms with van der Waals surface area (Å²) < 4.78 is 1.87. The smallest absolute Gasteiger partial charge is 0.138 e. The van der Waals surface area contributed by atoms with Crippen LogP contribution in [0.1, 0.15) is 42.0 Å². The van der Waals surface area contributed by atoms with Crippen LogP contribution in [-0.4, -0.2) is 19.9 Å². The molecule has 1 N–H and O–H groups in total. The summed E-state index contributed by atoms with van der Waals surface area (Å²) in [4.78, 5) is 4.23. The number of hydrogen-bond acceptors (Lipinski definition) is 3. The zero-order valence-electron chi connectivity index (χ0n) is 11.8. The largest absolute Gasteiger partial charge is 0.388 e. The van der Waals surface area contributed by atoms with Gasteiger partial charge in [0.05, 0.1) is 6.10 Å². The van der Waals surface area contributed by atoms with Crippen LogP contribution in [0.15, 0.2) is 24.5 Å². The van der Waals surface area contributed by atoms with E-state index in [1.165, 1.54) is 11.1 Å². The molecule has 1 heterocycles. The van der Waals surface area contributed by atoms with Crippen LogP contribution in [0.4, 0.5) is 0 Å². The van der Waals surface area contributed by atoms with Crippen LogP contribution in [0.3, 0.4) is 0 Å². The third kappa shape index (κ3) is 3.20. The maximum atomic E-state index is 10.3. The number of benzene rings is 1. The minimum absolute atomic E-state index is 0.502. The Morgan fingerprint density at radius 1 is 1.26 bits per heavy atom.